The number of carbonyl (C=O) groups excluding carboxylic acids is 1. The number of H-pyrrole nitrogens is 1. The Morgan fingerprint density at radius 3 is 2.78 bits per heavy atom. The highest BCUT2D eigenvalue weighted by Crippen LogP contribution is 2.25. The predicted molar refractivity (Wildman–Crippen MR) is 81.2 cm³/mol. The molecule has 120 valence electrons. The number of halogens is 2. The summed E-state index contributed by atoms with van der Waals surface area (Å²) in [4.78, 5) is 19.0. The number of nitrogens with one attached hydrogen (secondary N) is 2. The lowest BCUT2D eigenvalue weighted by molar-refractivity contribution is -0.115. The molecule has 0 aliphatic carbocycles. The molecule has 2 N–H and O–H groups in total. The van der Waals surface area contributed by atoms with E-state index in [0.717, 1.165) is 23.9 Å². The molecule has 0 aliphatic rings. The SMILES string of the molecule is Cc1cc(NC(=O)C(C)Sc2nc3cc(F)c(F)cc3[nH]2)on1. The van der Waals surface area contributed by atoms with Crippen molar-refractivity contribution in [1.29, 1.82) is 0 Å². The summed E-state index contributed by atoms with van der Waals surface area (Å²) in [5.41, 5.74) is 1.32. The fraction of sp³-hybridized carbons (Fsp3) is 0.214. The second-order valence-electron chi connectivity index (χ2n) is 4.91. The zero-order chi connectivity index (χ0) is 16.6. The number of imidazole rings is 1. The summed E-state index contributed by atoms with van der Waals surface area (Å²) >= 11 is 1.13. The van der Waals surface area contributed by atoms with Crippen LogP contribution in [-0.4, -0.2) is 26.3 Å². The van der Waals surface area contributed by atoms with Crippen LogP contribution in [0, 0.1) is 18.6 Å². The Morgan fingerprint density at radius 2 is 2.09 bits per heavy atom. The van der Waals surface area contributed by atoms with Crippen molar-refractivity contribution >= 4 is 34.6 Å². The molecule has 9 heteroatoms. The smallest absolute Gasteiger partial charge is 0.240 e. The van der Waals surface area contributed by atoms with Gasteiger partial charge in [-0.05, 0) is 13.8 Å². The number of amides is 1. The number of hydrogen-bond donors (Lipinski definition) is 2. The molecule has 2 aromatic heterocycles. The minimum absolute atomic E-state index is 0.258. The molecule has 1 amide bonds. The van der Waals surface area contributed by atoms with Crippen LogP contribution in [0.4, 0.5) is 14.7 Å². The maximum Gasteiger partial charge on any atom is 0.240 e. The maximum absolute atomic E-state index is 13.2. The van der Waals surface area contributed by atoms with Crippen LogP contribution in [0.5, 0.6) is 0 Å². The fourth-order valence-electron chi connectivity index (χ4n) is 1.90. The van der Waals surface area contributed by atoms with Crippen molar-refractivity contribution in [3.05, 3.63) is 35.5 Å². The molecule has 0 spiro atoms. The van der Waals surface area contributed by atoms with Crippen molar-refractivity contribution in [3.8, 4) is 0 Å². The molecule has 3 rings (SSSR count). The van der Waals surface area contributed by atoms with Gasteiger partial charge in [0.05, 0.1) is 22.0 Å². The van der Waals surface area contributed by atoms with Crippen LogP contribution < -0.4 is 5.32 Å². The third kappa shape index (κ3) is 3.34. The van der Waals surface area contributed by atoms with E-state index in [1.165, 1.54) is 0 Å². The van der Waals surface area contributed by atoms with Gasteiger partial charge in [-0.25, -0.2) is 13.8 Å². The van der Waals surface area contributed by atoms with Crippen LogP contribution >= 0.6 is 11.8 Å². The Bertz CT molecular complexity index is 838. The van der Waals surface area contributed by atoms with Gasteiger partial charge < -0.3 is 9.51 Å². The van der Waals surface area contributed by atoms with E-state index in [-0.39, 0.29) is 11.8 Å². The van der Waals surface area contributed by atoms with Crippen LogP contribution in [-0.2, 0) is 4.79 Å². The molecule has 0 fully saturated rings. The van der Waals surface area contributed by atoms with Crippen molar-refractivity contribution in [1.82, 2.24) is 15.1 Å². The molecule has 0 aliphatic heterocycles. The zero-order valence-electron chi connectivity index (χ0n) is 12.2. The second kappa shape index (κ2) is 5.99. The summed E-state index contributed by atoms with van der Waals surface area (Å²) in [5.74, 6) is -1.96. The molecule has 3 aromatic rings. The lowest BCUT2D eigenvalue weighted by Crippen LogP contribution is -2.22. The van der Waals surface area contributed by atoms with E-state index in [9.17, 15) is 13.6 Å². The van der Waals surface area contributed by atoms with E-state index >= 15 is 0 Å². The maximum atomic E-state index is 13.2. The van der Waals surface area contributed by atoms with Crippen molar-refractivity contribution in [2.45, 2.75) is 24.3 Å². The summed E-state index contributed by atoms with van der Waals surface area (Å²) in [7, 11) is 0. The largest absolute Gasteiger partial charge is 0.338 e. The molecular formula is C14H12F2N4O2S. The minimum atomic E-state index is -0.966. The summed E-state index contributed by atoms with van der Waals surface area (Å²) < 4.78 is 31.3. The lowest BCUT2D eigenvalue weighted by Gasteiger charge is -2.07. The van der Waals surface area contributed by atoms with Gasteiger partial charge in [-0.1, -0.05) is 16.9 Å². The van der Waals surface area contributed by atoms with Gasteiger partial charge in [0, 0.05) is 18.2 Å². The molecule has 1 aromatic carbocycles. The van der Waals surface area contributed by atoms with E-state index in [2.05, 4.69) is 20.4 Å². The number of aromatic nitrogens is 3. The predicted octanol–water partition coefficient (Wildman–Crippen LogP) is 3.26. The van der Waals surface area contributed by atoms with Crippen LogP contribution in [0.15, 0.2) is 27.9 Å². The Balaban J connectivity index is 1.71. The van der Waals surface area contributed by atoms with Crippen LogP contribution in [0.3, 0.4) is 0 Å². The van der Waals surface area contributed by atoms with E-state index in [4.69, 9.17) is 4.52 Å². The van der Waals surface area contributed by atoms with Gasteiger partial charge in [0.1, 0.15) is 0 Å². The van der Waals surface area contributed by atoms with Gasteiger partial charge in [0.2, 0.25) is 11.8 Å². The van der Waals surface area contributed by atoms with Crippen LogP contribution in [0.2, 0.25) is 0 Å². The number of hydrogen-bond acceptors (Lipinski definition) is 5. The quantitative estimate of drug-likeness (QED) is 0.714. The Kier molecular flexibility index (Phi) is 4.03. The number of benzene rings is 1. The average Bonchev–Trinajstić information content (AvgIpc) is 3.05. The summed E-state index contributed by atoms with van der Waals surface area (Å²) in [5, 5.41) is 6.14. The van der Waals surface area contributed by atoms with Gasteiger partial charge in [-0.2, -0.15) is 0 Å². The average molecular weight is 338 g/mol. The monoisotopic (exact) mass is 338 g/mol. The molecule has 6 nitrogen and oxygen atoms in total. The third-order valence-electron chi connectivity index (χ3n) is 3.03. The van der Waals surface area contributed by atoms with Gasteiger partial charge in [0.15, 0.2) is 16.8 Å². The molecule has 1 atom stereocenters. The number of aryl methyl sites for hydroxylation is 1. The molecule has 0 saturated heterocycles. The second-order valence-corrected chi connectivity index (χ2v) is 6.24. The van der Waals surface area contributed by atoms with Crippen LogP contribution in [0.1, 0.15) is 12.6 Å². The first-order chi connectivity index (χ1) is 10.9. The molecule has 2 heterocycles. The lowest BCUT2D eigenvalue weighted by atomic mass is 10.3. The molecular weight excluding hydrogens is 326 g/mol. The number of fused-ring (bicyclic) bond motifs is 1. The molecule has 0 bridgehead atoms. The normalized spacial score (nSPS) is 12.5. The summed E-state index contributed by atoms with van der Waals surface area (Å²) in [6, 6.07) is 3.64. The van der Waals surface area contributed by atoms with E-state index in [0.29, 0.717) is 21.9 Å². The highest BCUT2D eigenvalue weighted by molar-refractivity contribution is 8.00. The topological polar surface area (TPSA) is 83.8 Å². The Hall–Kier alpha value is -2.42. The first kappa shape index (κ1) is 15.5. The van der Waals surface area contributed by atoms with Crippen LogP contribution in [0.25, 0.3) is 11.0 Å². The van der Waals surface area contributed by atoms with Crippen molar-refractivity contribution in [2.75, 3.05) is 5.32 Å². The van der Waals surface area contributed by atoms with Crippen molar-refractivity contribution in [2.24, 2.45) is 0 Å². The molecule has 0 radical (unpaired) electrons. The van der Waals surface area contributed by atoms with E-state index in [1.807, 2.05) is 0 Å². The molecule has 0 saturated carbocycles. The van der Waals surface area contributed by atoms with Crippen molar-refractivity contribution < 1.29 is 18.1 Å². The highest BCUT2D eigenvalue weighted by Gasteiger charge is 2.18. The first-order valence-electron chi connectivity index (χ1n) is 6.68. The minimum Gasteiger partial charge on any atom is -0.338 e. The Labute approximate surface area is 133 Å². The number of rotatable bonds is 4. The number of aromatic amines is 1. The number of thioether (sulfide) groups is 1. The number of nitrogens with zero attached hydrogens (tertiary/aromatic N) is 2. The number of carbonyl (C=O) groups is 1. The standard InChI is InChI=1S/C14H12F2N4O2S/c1-6-3-12(22-20-6)19-13(21)7(2)23-14-17-10-4-8(15)9(16)5-11(10)18-14/h3-5,7H,1-2H3,(H,17,18)(H,19,21). The molecule has 23 heavy (non-hydrogen) atoms. The zero-order valence-corrected chi connectivity index (χ0v) is 13.0. The van der Waals surface area contributed by atoms with Gasteiger partial charge in [-0.15, -0.1) is 0 Å². The Morgan fingerprint density at radius 1 is 1.35 bits per heavy atom. The number of anilines is 1. The first-order valence-corrected chi connectivity index (χ1v) is 7.56. The van der Waals surface area contributed by atoms with Crippen molar-refractivity contribution in [3.63, 3.8) is 0 Å². The molecule has 1 unspecified atom stereocenters. The van der Waals surface area contributed by atoms with Gasteiger partial charge in [-0.3, -0.25) is 10.1 Å². The summed E-state index contributed by atoms with van der Waals surface area (Å²) in [6.07, 6.45) is 0. The highest BCUT2D eigenvalue weighted by atomic mass is 32.2. The fourth-order valence-corrected chi connectivity index (χ4v) is 2.72. The summed E-state index contributed by atoms with van der Waals surface area (Å²) in [6.45, 7) is 3.42. The van der Waals surface area contributed by atoms with Gasteiger partial charge in [0.25, 0.3) is 0 Å². The van der Waals surface area contributed by atoms with E-state index < -0.39 is 16.9 Å². The van der Waals surface area contributed by atoms with Gasteiger partial charge >= 0.3 is 0 Å². The van der Waals surface area contributed by atoms with E-state index in [1.54, 1.807) is 19.9 Å². The third-order valence-corrected chi connectivity index (χ3v) is 4.02.